The van der Waals surface area contributed by atoms with Crippen LogP contribution in [0.3, 0.4) is 0 Å². The summed E-state index contributed by atoms with van der Waals surface area (Å²) in [4.78, 5) is 16.8. The first-order valence-corrected chi connectivity index (χ1v) is 9.00. The number of nitrogen functional groups attached to an aromatic ring is 1. The molecule has 2 fully saturated rings. The van der Waals surface area contributed by atoms with Crippen molar-refractivity contribution >= 4 is 17.0 Å². The zero-order valence-electron chi connectivity index (χ0n) is 15.4. The van der Waals surface area contributed by atoms with Crippen molar-refractivity contribution in [1.29, 1.82) is 0 Å². The Morgan fingerprint density at radius 3 is 2.82 bits per heavy atom. The predicted octanol–water partition coefficient (Wildman–Crippen LogP) is 1.30. The summed E-state index contributed by atoms with van der Waals surface area (Å²) in [5.74, 6) is 0.112. The lowest BCUT2D eigenvalue weighted by molar-refractivity contribution is -0.199. The van der Waals surface area contributed by atoms with Crippen LogP contribution >= 0.6 is 0 Å². The molecule has 0 spiro atoms. The number of ether oxygens (including phenoxy) is 4. The number of rotatable bonds is 4. The van der Waals surface area contributed by atoms with Gasteiger partial charge in [-0.2, -0.15) is 0 Å². The molecule has 0 radical (unpaired) electrons. The van der Waals surface area contributed by atoms with Crippen LogP contribution < -0.4 is 10.5 Å². The van der Waals surface area contributed by atoms with E-state index >= 15 is 0 Å². The van der Waals surface area contributed by atoms with Crippen LogP contribution in [0.1, 0.15) is 20.1 Å². The second-order valence-electron chi connectivity index (χ2n) is 7.19. The molecule has 3 aromatic heterocycles. The van der Waals surface area contributed by atoms with Crippen LogP contribution in [0.5, 0.6) is 5.88 Å². The Labute approximate surface area is 160 Å². The van der Waals surface area contributed by atoms with Crippen LogP contribution in [-0.2, 0) is 14.2 Å². The van der Waals surface area contributed by atoms with Gasteiger partial charge in [-0.25, -0.2) is 19.9 Å². The number of anilines is 1. The molecule has 2 N–H and O–H groups in total. The Kier molecular flexibility index (Phi) is 3.93. The molecule has 0 saturated carbocycles. The third-order valence-electron chi connectivity index (χ3n) is 4.82. The van der Waals surface area contributed by atoms with Gasteiger partial charge in [-0.3, -0.25) is 4.57 Å². The first kappa shape index (κ1) is 17.3. The van der Waals surface area contributed by atoms with Gasteiger partial charge in [0.15, 0.2) is 23.5 Å². The van der Waals surface area contributed by atoms with Gasteiger partial charge in [0.05, 0.1) is 6.33 Å². The molecule has 10 nitrogen and oxygen atoms in total. The monoisotopic (exact) mass is 384 g/mol. The van der Waals surface area contributed by atoms with Gasteiger partial charge in [-0.15, -0.1) is 0 Å². The number of aromatic nitrogens is 5. The topological polar surface area (TPSA) is 119 Å². The maximum absolute atomic E-state index is 6.25. The number of nitrogens with zero attached hydrogens (tertiary/aromatic N) is 5. The Morgan fingerprint density at radius 2 is 2.00 bits per heavy atom. The Morgan fingerprint density at radius 1 is 1.14 bits per heavy atom. The number of hydrogen-bond donors (Lipinski definition) is 1. The molecule has 2 aliphatic rings. The molecule has 4 atom stereocenters. The second-order valence-corrected chi connectivity index (χ2v) is 7.19. The molecule has 5 rings (SSSR count). The molecule has 0 amide bonds. The van der Waals surface area contributed by atoms with E-state index in [9.17, 15) is 0 Å². The fourth-order valence-corrected chi connectivity index (χ4v) is 3.67. The summed E-state index contributed by atoms with van der Waals surface area (Å²) in [6.07, 6.45) is 3.23. The Balaban J connectivity index is 1.44. The zero-order chi connectivity index (χ0) is 19.3. The maximum atomic E-state index is 6.25. The number of pyridine rings is 1. The summed E-state index contributed by atoms with van der Waals surface area (Å²) in [6.45, 7) is 4.04. The second kappa shape index (κ2) is 6.36. The van der Waals surface area contributed by atoms with Gasteiger partial charge in [-0.05, 0) is 19.9 Å². The number of nitrogens with two attached hydrogens (primary N) is 1. The highest BCUT2D eigenvalue weighted by Gasteiger charge is 2.56. The highest BCUT2D eigenvalue weighted by atomic mass is 16.8. The summed E-state index contributed by atoms with van der Waals surface area (Å²) in [5, 5.41) is 0. The normalized spacial score (nSPS) is 28.5. The summed E-state index contributed by atoms with van der Waals surface area (Å²) < 4.78 is 26.1. The van der Waals surface area contributed by atoms with E-state index in [-0.39, 0.29) is 24.9 Å². The molecular formula is C18H20N6O4. The smallest absolute Gasteiger partial charge is 0.213 e. The fourth-order valence-electron chi connectivity index (χ4n) is 3.67. The lowest BCUT2D eigenvalue weighted by atomic mass is 10.1. The van der Waals surface area contributed by atoms with E-state index in [0.29, 0.717) is 22.9 Å². The van der Waals surface area contributed by atoms with Crippen LogP contribution in [0.4, 0.5) is 5.82 Å². The van der Waals surface area contributed by atoms with Crippen molar-refractivity contribution in [3.63, 3.8) is 0 Å². The van der Waals surface area contributed by atoms with Crippen molar-refractivity contribution in [2.24, 2.45) is 0 Å². The fraction of sp³-hybridized carbons (Fsp3) is 0.444. The standard InChI is InChI=1S/C18H20N6O4/c1-18(2)27-13-10(7-25-11-5-3-4-6-20-11)26-17(14(13)28-18)24-9-23-12-15(19)21-8-22-16(12)24/h3-6,8-10,13-14,17H,7H2,1-2H3,(H2,19,21,22)/t10-,13-,14-,17-/m1/s1. The minimum absolute atomic E-state index is 0.276. The van der Waals surface area contributed by atoms with Crippen molar-refractivity contribution in [3.8, 4) is 5.88 Å². The minimum atomic E-state index is -0.731. The van der Waals surface area contributed by atoms with Gasteiger partial charge in [0.1, 0.15) is 36.8 Å². The van der Waals surface area contributed by atoms with Crippen molar-refractivity contribution in [3.05, 3.63) is 37.1 Å². The highest BCUT2D eigenvalue weighted by Crippen LogP contribution is 2.43. The van der Waals surface area contributed by atoms with Crippen molar-refractivity contribution in [2.45, 2.75) is 44.2 Å². The minimum Gasteiger partial charge on any atom is -0.475 e. The zero-order valence-corrected chi connectivity index (χ0v) is 15.4. The van der Waals surface area contributed by atoms with Crippen molar-refractivity contribution in [1.82, 2.24) is 24.5 Å². The average molecular weight is 384 g/mol. The van der Waals surface area contributed by atoms with Crippen LogP contribution in [-0.4, -0.2) is 55.2 Å². The van der Waals surface area contributed by atoms with Crippen LogP contribution in [0.15, 0.2) is 37.1 Å². The predicted molar refractivity (Wildman–Crippen MR) is 97.2 cm³/mol. The van der Waals surface area contributed by atoms with Crippen LogP contribution in [0.25, 0.3) is 11.2 Å². The molecular weight excluding hydrogens is 364 g/mol. The molecule has 0 aliphatic carbocycles. The Hall–Kier alpha value is -2.82. The van der Waals surface area contributed by atoms with E-state index in [1.165, 1.54) is 6.33 Å². The molecule has 10 heteroatoms. The van der Waals surface area contributed by atoms with Crippen LogP contribution in [0, 0.1) is 0 Å². The molecule has 3 aromatic rings. The average Bonchev–Trinajstić information content (AvgIpc) is 3.33. The molecule has 2 aliphatic heterocycles. The van der Waals surface area contributed by atoms with E-state index < -0.39 is 12.0 Å². The molecule has 0 unspecified atom stereocenters. The number of hydrogen-bond acceptors (Lipinski definition) is 9. The molecule has 2 saturated heterocycles. The van der Waals surface area contributed by atoms with Crippen molar-refractivity contribution in [2.75, 3.05) is 12.3 Å². The molecule has 5 heterocycles. The molecule has 28 heavy (non-hydrogen) atoms. The van der Waals surface area contributed by atoms with Crippen LogP contribution in [0.2, 0.25) is 0 Å². The van der Waals surface area contributed by atoms with E-state index in [0.717, 1.165) is 0 Å². The quantitative estimate of drug-likeness (QED) is 0.709. The van der Waals surface area contributed by atoms with Crippen molar-refractivity contribution < 1.29 is 18.9 Å². The van der Waals surface area contributed by atoms with E-state index in [4.69, 9.17) is 24.7 Å². The van der Waals surface area contributed by atoms with Gasteiger partial charge in [-0.1, -0.05) is 6.07 Å². The van der Waals surface area contributed by atoms with Gasteiger partial charge >= 0.3 is 0 Å². The number of imidazole rings is 1. The van der Waals surface area contributed by atoms with Gasteiger partial charge in [0.2, 0.25) is 5.88 Å². The Bertz CT molecular complexity index is 994. The third kappa shape index (κ3) is 2.86. The first-order chi connectivity index (χ1) is 13.5. The third-order valence-corrected chi connectivity index (χ3v) is 4.82. The van der Waals surface area contributed by atoms with E-state index in [2.05, 4.69) is 19.9 Å². The molecule has 0 aromatic carbocycles. The van der Waals surface area contributed by atoms with Gasteiger partial charge in [0, 0.05) is 12.3 Å². The summed E-state index contributed by atoms with van der Waals surface area (Å²) >= 11 is 0. The largest absolute Gasteiger partial charge is 0.475 e. The van der Waals surface area contributed by atoms with Gasteiger partial charge < -0.3 is 24.7 Å². The highest BCUT2D eigenvalue weighted by molar-refractivity contribution is 5.81. The summed E-state index contributed by atoms with van der Waals surface area (Å²) in [7, 11) is 0. The van der Waals surface area contributed by atoms with E-state index in [1.54, 1.807) is 23.2 Å². The molecule has 146 valence electrons. The lowest BCUT2D eigenvalue weighted by Crippen LogP contribution is -2.34. The molecule has 0 bridgehead atoms. The summed E-state index contributed by atoms with van der Waals surface area (Å²) in [5.41, 5.74) is 7.01. The first-order valence-electron chi connectivity index (χ1n) is 9.00. The SMILES string of the molecule is CC1(C)O[C@@H]2[C@H](O1)[C@@H](COc1ccccn1)O[C@H]2n1cnc2c(N)ncnc21. The maximum Gasteiger partial charge on any atom is 0.213 e. The summed E-state index contributed by atoms with van der Waals surface area (Å²) in [6, 6.07) is 5.49. The lowest BCUT2D eigenvalue weighted by Gasteiger charge is -2.24. The van der Waals surface area contributed by atoms with E-state index in [1.807, 2.05) is 26.0 Å². The van der Waals surface area contributed by atoms with Gasteiger partial charge in [0.25, 0.3) is 0 Å². The number of fused-ring (bicyclic) bond motifs is 2.